The number of hydrogen-bond acceptors (Lipinski definition) is 4. The third kappa shape index (κ3) is 3.65. The number of nitrogens with zero attached hydrogens (tertiary/aromatic N) is 3. The molecule has 0 saturated heterocycles. The van der Waals surface area contributed by atoms with Gasteiger partial charge in [0.05, 0.1) is 0 Å². The smallest absolute Gasteiger partial charge is 0.224 e. The summed E-state index contributed by atoms with van der Waals surface area (Å²) in [6.45, 7) is 1.39. The van der Waals surface area contributed by atoms with Crippen molar-refractivity contribution in [2.24, 2.45) is 7.05 Å². The van der Waals surface area contributed by atoms with Gasteiger partial charge < -0.3 is 20.2 Å². The first-order chi connectivity index (χ1) is 14.2. The van der Waals surface area contributed by atoms with Crippen LogP contribution < -0.4 is 10.6 Å². The van der Waals surface area contributed by atoms with Crippen molar-refractivity contribution >= 4 is 33.6 Å². The second-order valence-electron chi connectivity index (χ2n) is 7.19. The second-order valence-corrected chi connectivity index (χ2v) is 7.19. The number of nitrogens with one attached hydrogen (secondary N) is 3. The minimum Gasteiger partial charge on any atom is -0.366 e. The molecule has 0 spiro atoms. The topological polar surface area (TPSA) is 70.6 Å². The standard InChI is InChI=1S/C23H22N6/c1-29-11-8-19-13-17(3-5-21(19)29)15-27-23-25-10-7-22(28-23)26-14-16-2-4-20-18(12-16)6-9-24-20/h2-13,24H,14-15H2,1H3,(H2,25,26,27,28). The van der Waals surface area contributed by atoms with Crippen molar-refractivity contribution < 1.29 is 0 Å². The van der Waals surface area contributed by atoms with Crippen molar-refractivity contribution in [3.05, 3.63) is 84.3 Å². The van der Waals surface area contributed by atoms with Crippen LogP contribution >= 0.6 is 0 Å². The fourth-order valence-corrected chi connectivity index (χ4v) is 3.57. The summed E-state index contributed by atoms with van der Waals surface area (Å²) in [6.07, 6.45) is 5.81. The molecule has 0 unspecified atom stereocenters. The highest BCUT2D eigenvalue weighted by molar-refractivity contribution is 5.81. The average molecular weight is 382 g/mol. The summed E-state index contributed by atoms with van der Waals surface area (Å²) >= 11 is 0. The molecular weight excluding hydrogens is 360 g/mol. The predicted octanol–water partition coefficient (Wildman–Crippen LogP) is 4.67. The average Bonchev–Trinajstić information content (AvgIpc) is 3.37. The van der Waals surface area contributed by atoms with E-state index >= 15 is 0 Å². The molecule has 0 fully saturated rings. The highest BCUT2D eigenvalue weighted by Crippen LogP contribution is 2.18. The highest BCUT2D eigenvalue weighted by Gasteiger charge is 2.03. The third-order valence-corrected chi connectivity index (χ3v) is 5.15. The summed E-state index contributed by atoms with van der Waals surface area (Å²) in [5, 5.41) is 9.15. The van der Waals surface area contributed by atoms with Gasteiger partial charge in [-0.05, 0) is 64.4 Å². The molecule has 144 valence electrons. The zero-order chi connectivity index (χ0) is 19.6. The van der Waals surface area contributed by atoms with Crippen molar-refractivity contribution in [1.82, 2.24) is 19.5 Å². The SMILES string of the molecule is Cn1ccc2cc(CNc3nccc(NCc4ccc5[nH]ccc5c4)n3)ccc21. The Hall–Kier alpha value is -3.80. The summed E-state index contributed by atoms with van der Waals surface area (Å²) < 4.78 is 2.12. The van der Waals surface area contributed by atoms with Crippen LogP contribution in [0.15, 0.2) is 73.2 Å². The molecule has 0 radical (unpaired) electrons. The van der Waals surface area contributed by atoms with Crippen LogP contribution in [0.2, 0.25) is 0 Å². The van der Waals surface area contributed by atoms with E-state index in [9.17, 15) is 0 Å². The Balaban J connectivity index is 1.23. The molecule has 0 amide bonds. The van der Waals surface area contributed by atoms with E-state index in [1.54, 1.807) is 6.20 Å². The molecule has 29 heavy (non-hydrogen) atoms. The first-order valence-corrected chi connectivity index (χ1v) is 9.65. The van der Waals surface area contributed by atoms with Crippen molar-refractivity contribution in [1.29, 1.82) is 0 Å². The van der Waals surface area contributed by atoms with Gasteiger partial charge in [-0.25, -0.2) is 4.98 Å². The van der Waals surface area contributed by atoms with Crippen LogP contribution in [0.5, 0.6) is 0 Å². The van der Waals surface area contributed by atoms with E-state index in [0.717, 1.165) is 11.3 Å². The Labute approximate surface area is 168 Å². The molecule has 2 aromatic carbocycles. The lowest BCUT2D eigenvalue weighted by Crippen LogP contribution is -2.06. The quantitative estimate of drug-likeness (QED) is 0.399. The first kappa shape index (κ1) is 17.3. The molecule has 5 aromatic rings. The van der Waals surface area contributed by atoms with Gasteiger partial charge >= 0.3 is 0 Å². The molecule has 3 aromatic heterocycles. The Bertz CT molecular complexity index is 1280. The van der Waals surface area contributed by atoms with Crippen molar-refractivity contribution in [2.75, 3.05) is 10.6 Å². The van der Waals surface area contributed by atoms with Crippen molar-refractivity contribution in [2.45, 2.75) is 13.1 Å². The zero-order valence-electron chi connectivity index (χ0n) is 16.2. The number of aromatic nitrogens is 4. The van der Waals surface area contributed by atoms with Crippen LogP contribution in [0.1, 0.15) is 11.1 Å². The lowest BCUT2D eigenvalue weighted by Gasteiger charge is -2.09. The zero-order valence-corrected chi connectivity index (χ0v) is 16.2. The van der Waals surface area contributed by atoms with Gasteiger partial charge in [0.2, 0.25) is 5.95 Å². The van der Waals surface area contributed by atoms with Crippen LogP contribution in [0.25, 0.3) is 21.8 Å². The van der Waals surface area contributed by atoms with E-state index in [1.807, 2.05) is 12.3 Å². The van der Waals surface area contributed by atoms with Gasteiger partial charge in [0.25, 0.3) is 0 Å². The molecular formula is C23H22N6. The Morgan fingerprint density at radius 3 is 2.66 bits per heavy atom. The monoisotopic (exact) mass is 382 g/mol. The van der Waals surface area contributed by atoms with Crippen LogP contribution in [-0.2, 0) is 20.1 Å². The maximum atomic E-state index is 4.58. The number of fused-ring (bicyclic) bond motifs is 2. The van der Waals surface area contributed by atoms with Crippen LogP contribution in [0, 0.1) is 0 Å². The number of aromatic amines is 1. The predicted molar refractivity (Wildman–Crippen MR) is 118 cm³/mol. The minimum atomic E-state index is 0.615. The van der Waals surface area contributed by atoms with Gasteiger partial charge in [0.1, 0.15) is 5.82 Å². The molecule has 5 rings (SSSR count). The van der Waals surface area contributed by atoms with Crippen molar-refractivity contribution in [3.63, 3.8) is 0 Å². The van der Waals surface area contributed by atoms with Gasteiger partial charge in [-0.15, -0.1) is 0 Å². The highest BCUT2D eigenvalue weighted by atomic mass is 15.1. The maximum absolute atomic E-state index is 4.58. The van der Waals surface area contributed by atoms with E-state index < -0.39 is 0 Å². The second kappa shape index (κ2) is 7.31. The van der Waals surface area contributed by atoms with Gasteiger partial charge in [-0.3, -0.25) is 0 Å². The molecule has 0 aliphatic heterocycles. The fourth-order valence-electron chi connectivity index (χ4n) is 3.57. The fraction of sp³-hybridized carbons (Fsp3) is 0.130. The van der Waals surface area contributed by atoms with E-state index in [0.29, 0.717) is 19.0 Å². The van der Waals surface area contributed by atoms with E-state index in [-0.39, 0.29) is 0 Å². The molecule has 0 atom stereocenters. The summed E-state index contributed by atoms with van der Waals surface area (Å²) in [7, 11) is 2.06. The lowest BCUT2D eigenvalue weighted by atomic mass is 10.1. The number of anilines is 2. The van der Waals surface area contributed by atoms with Gasteiger partial charge in [-0.2, -0.15) is 4.98 Å². The summed E-state index contributed by atoms with van der Waals surface area (Å²) in [6, 6.07) is 19.0. The first-order valence-electron chi connectivity index (χ1n) is 9.65. The summed E-state index contributed by atoms with van der Waals surface area (Å²) in [5.41, 5.74) is 4.79. The number of benzene rings is 2. The third-order valence-electron chi connectivity index (χ3n) is 5.15. The van der Waals surface area contributed by atoms with E-state index in [2.05, 4.69) is 91.9 Å². The van der Waals surface area contributed by atoms with E-state index in [1.165, 1.54) is 27.4 Å². The van der Waals surface area contributed by atoms with Gasteiger partial charge in [-0.1, -0.05) is 12.1 Å². The van der Waals surface area contributed by atoms with Crippen LogP contribution in [0.3, 0.4) is 0 Å². The van der Waals surface area contributed by atoms with Gasteiger partial charge in [0, 0.05) is 49.8 Å². The molecule has 6 heteroatoms. The molecule has 0 aliphatic carbocycles. The molecule has 3 heterocycles. The Kier molecular flexibility index (Phi) is 4.37. The number of hydrogen-bond donors (Lipinski definition) is 3. The Morgan fingerprint density at radius 1 is 0.897 bits per heavy atom. The Morgan fingerprint density at radius 2 is 1.72 bits per heavy atom. The number of aryl methyl sites for hydroxylation is 1. The summed E-state index contributed by atoms with van der Waals surface area (Å²) in [4.78, 5) is 12.1. The number of H-pyrrole nitrogens is 1. The van der Waals surface area contributed by atoms with Gasteiger partial charge in [0.15, 0.2) is 0 Å². The molecule has 0 bridgehead atoms. The minimum absolute atomic E-state index is 0.615. The summed E-state index contributed by atoms with van der Waals surface area (Å²) in [5.74, 6) is 1.42. The molecule has 0 aliphatic rings. The molecule has 0 saturated carbocycles. The maximum Gasteiger partial charge on any atom is 0.224 e. The van der Waals surface area contributed by atoms with Crippen LogP contribution in [-0.4, -0.2) is 19.5 Å². The van der Waals surface area contributed by atoms with Crippen LogP contribution in [0.4, 0.5) is 11.8 Å². The molecule has 6 nitrogen and oxygen atoms in total. The number of rotatable bonds is 6. The molecule has 3 N–H and O–H groups in total. The largest absolute Gasteiger partial charge is 0.366 e. The lowest BCUT2D eigenvalue weighted by molar-refractivity contribution is 0.968. The normalized spacial score (nSPS) is 11.2. The van der Waals surface area contributed by atoms with Crippen molar-refractivity contribution in [3.8, 4) is 0 Å². The van der Waals surface area contributed by atoms with E-state index in [4.69, 9.17) is 0 Å².